The van der Waals surface area contributed by atoms with Gasteiger partial charge in [0.2, 0.25) is 5.88 Å². The van der Waals surface area contributed by atoms with Gasteiger partial charge in [-0.25, -0.2) is 4.98 Å². The lowest BCUT2D eigenvalue weighted by Gasteiger charge is -2.07. The van der Waals surface area contributed by atoms with E-state index in [1.165, 1.54) is 13.0 Å². The van der Waals surface area contributed by atoms with E-state index in [1.54, 1.807) is 24.3 Å². The molecule has 1 aromatic carbocycles. The Balaban J connectivity index is 2.33. The maximum Gasteiger partial charge on any atom is 0.323 e. The molecule has 0 bridgehead atoms. The van der Waals surface area contributed by atoms with Crippen LogP contribution in [0.4, 0.5) is 0 Å². The zero-order valence-electron chi connectivity index (χ0n) is 11.0. The van der Waals surface area contributed by atoms with Crippen LogP contribution < -0.4 is 9.47 Å². The van der Waals surface area contributed by atoms with Gasteiger partial charge in [-0.05, 0) is 12.1 Å². The van der Waals surface area contributed by atoms with E-state index in [-0.39, 0.29) is 11.6 Å². The number of ether oxygens (including phenoxy) is 2. The third-order valence-electron chi connectivity index (χ3n) is 2.43. The van der Waals surface area contributed by atoms with Crippen molar-refractivity contribution in [1.82, 2.24) is 4.98 Å². The van der Waals surface area contributed by atoms with Crippen LogP contribution >= 0.6 is 0 Å². The fraction of sp³-hybridized carbons (Fsp3) is 0.143. The summed E-state index contributed by atoms with van der Waals surface area (Å²) in [6, 6.07) is 8.05. The number of carbonyl (C=O) groups excluding carboxylic acids is 2. The molecule has 0 aliphatic carbocycles. The molecule has 21 heavy (non-hydrogen) atoms. The van der Waals surface area contributed by atoms with Crippen LogP contribution in [0.25, 0.3) is 10.9 Å². The Bertz CT molecular complexity index is 724. The van der Waals surface area contributed by atoms with Gasteiger partial charge < -0.3 is 14.6 Å². The van der Waals surface area contributed by atoms with E-state index in [1.807, 2.05) is 0 Å². The van der Waals surface area contributed by atoms with Crippen molar-refractivity contribution in [2.24, 2.45) is 0 Å². The Labute approximate surface area is 119 Å². The number of para-hydroxylation sites is 1. The summed E-state index contributed by atoms with van der Waals surface area (Å²) < 4.78 is 9.84. The SMILES string of the molecule is CC(=O)Oc1cccc2ccc(OC(=O)CC(=O)O)nc12. The zero-order valence-corrected chi connectivity index (χ0v) is 11.0. The molecule has 0 saturated carbocycles. The minimum absolute atomic E-state index is 0.0617. The van der Waals surface area contributed by atoms with Crippen LogP contribution in [-0.4, -0.2) is 28.0 Å². The number of carboxylic acid groups (broad SMARTS) is 1. The fourth-order valence-electron chi connectivity index (χ4n) is 1.67. The first-order valence-electron chi connectivity index (χ1n) is 5.96. The van der Waals surface area contributed by atoms with E-state index in [0.717, 1.165) is 0 Å². The first-order chi connectivity index (χ1) is 9.95. The lowest BCUT2D eigenvalue weighted by atomic mass is 10.2. The summed E-state index contributed by atoms with van der Waals surface area (Å²) in [4.78, 5) is 36.8. The van der Waals surface area contributed by atoms with Gasteiger partial charge in [0, 0.05) is 18.4 Å². The summed E-state index contributed by atoms with van der Waals surface area (Å²) in [6.07, 6.45) is -0.759. The number of hydrogen-bond donors (Lipinski definition) is 1. The molecule has 7 heteroatoms. The number of aliphatic carboxylic acids is 1. The van der Waals surface area contributed by atoms with Crippen molar-refractivity contribution in [1.29, 1.82) is 0 Å². The number of nitrogens with zero attached hydrogens (tertiary/aromatic N) is 1. The molecule has 0 aliphatic rings. The molecule has 0 fully saturated rings. The first-order valence-corrected chi connectivity index (χ1v) is 5.96. The normalized spacial score (nSPS) is 10.1. The van der Waals surface area contributed by atoms with Crippen LogP contribution in [0.2, 0.25) is 0 Å². The van der Waals surface area contributed by atoms with Gasteiger partial charge in [0.15, 0.2) is 5.75 Å². The maximum absolute atomic E-state index is 11.3. The van der Waals surface area contributed by atoms with E-state index in [0.29, 0.717) is 10.9 Å². The van der Waals surface area contributed by atoms with E-state index in [4.69, 9.17) is 14.6 Å². The molecule has 1 heterocycles. The van der Waals surface area contributed by atoms with E-state index >= 15 is 0 Å². The lowest BCUT2D eigenvalue weighted by Crippen LogP contribution is -2.14. The second-order valence-corrected chi connectivity index (χ2v) is 4.12. The third kappa shape index (κ3) is 3.75. The number of benzene rings is 1. The van der Waals surface area contributed by atoms with Crippen LogP contribution in [0.15, 0.2) is 30.3 Å². The fourth-order valence-corrected chi connectivity index (χ4v) is 1.67. The Morgan fingerprint density at radius 3 is 2.57 bits per heavy atom. The Hall–Kier alpha value is -2.96. The van der Waals surface area contributed by atoms with Crippen molar-refractivity contribution in [2.45, 2.75) is 13.3 Å². The monoisotopic (exact) mass is 289 g/mol. The van der Waals surface area contributed by atoms with Crippen LogP contribution in [0, 0.1) is 0 Å². The molecule has 108 valence electrons. The number of rotatable bonds is 4. The predicted molar refractivity (Wildman–Crippen MR) is 70.9 cm³/mol. The van der Waals surface area contributed by atoms with Crippen molar-refractivity contribution in [3.8, 4) is 11.6 Å². The van der Waals surface area contributed by atoms with E-state index in [9.17, 15) is 14.4 Å². The quantitative estimate of drug-likeness (QED) is 0.517. The van der Waals surface area contributed by atoms with Crippen molar-refractivity contribution in [3.63, 3.8) is 0 Å². The van der Waals surface area contributed by atoms with Gasteiger partial charge in [-0.2, -0.15) is 0 Å². The van der Waals surface area contributed by atoms with E-state index in [2.05, 4.69) is 4.98 Å². The summed E-state index contributed by atoms with van der Waals surface area (Å²) in [7, 11) is 0. The number of pyridine rings is 1. The van der Waals surface area contributed by atoms with Crippen LogP contribution in [-0.2, 0) is 14.4 Å². The molecule has 0 atom stereocenters. The van der Waals surface area contributed by atoms with Gasteiger partial charge in [-0.15, -0.1) is 0 Å². The highest BCUT2D eigenvalue weighted by atomic mass is 16.5. The second kappa shape index (κ2) is 6.00. The smallest absolute Gasteiger partial charge is 0.323 e. The van der Waals surface area contributed by atoms with Crippen LogP contribution in [0.5, 0.6) is 11.6 Å². The molecule has 0 saturated heterocycles. The van der Waals surface area contributed by atoms with Crippen molar-refractivity contribution < 1.29 is 29.0 Å². The molecule has 2 rings (SSSR count). The van der Waals surface area contributed by atoms with E-state index < -0.39 is 24.3 Å². The van der Waals surface area contributed by atoms with Gasteiger partial charge in [0.1, 0.15) is 11.9 Å². The summed E-state index contributed by atoms with van der Waals surface area (Å²) >= 11 is 0. The summed E-state index contributed by atoms with van der Waals surface area (Å²) in [5.74, 6) is -2.55. The molecular formula is C14H11NO6. The van der Waals surface area contributed by atoms with Gasteiger partial charge in [-0.3, -0.25) is 14.4 Å². The van der Waals surface area contributed by atoms with Crippen LogP contribution in [0.1, 0.15) is 13.3 Å². The molecule has 0 aliphatic heterocycles. The highest BCUT2D eigenvalue weighted by molar-refractivity contribution is 5.91. The Kier molecular flexibility index (Phi) is 4.13. The zero-order chi connectivity index (χ0) is 15.4. The number of hydrogen-bond acceptors (Lipinski definition) is 6. The lowest BCUT2D eigenvalue weighted by molar-refractivity contribution is -0.146. The highest BCUT2D eigenvalue weighted by Gasteiger charge is 2.13. The highest BCUT2D eigenvalue weighted by Crippen LogP contribution is 2.26. The maximum atomic E-state index is 11.3. The number of esters is 2. The molecule has 7 nitrogen and oxygen atoms in total. The Morgan fingerprint density at radius 1 is 1.14 bits per heavy atom. The van der Waals surface area contributed by atoms with Crippen molar-refractivity contribution >= 4 is 28.8 Å². The topological polar surface area (TPSA) is 103 Å². The number of carboxylic acids is 1. The van der Waals surface area contributed by atoms with Crippen LogP contribution in [0.3, 0.4) is 0 Å². The molecule has 1 aromatic heterocycles. The minimum Gasteiger partial charge on any atom is -0.481 e. The van der Waals surface area contributed by atoms with Gasteiger partial charge in [0.05, 0.1) is 0 Å². The largest absolute Gasteiger partial charge is 0.481 e. The standard InChI is InChI=1S/C14H11NO6/c1-8(16)20-10-4-2-3-9-5-6-11(15-14(9)10)21-13(19)7-12(17)18/h2-6H,7H2,1H3,(H,17,18). The Morgan fingerprint density at radius 2 is 1.90 bits per heavy atom. The molecule has 0 unspecified atom stereocenters. The number of carbonyl (C=O) groups is 3. The molecule has 0 spiro atoms. The average Bonchev–Trinajstić information content (AvgIpc) is 2.37. The average molecular weight is 289 g/mol. The van der Waals surface area contributed by atoms with Crippen molar-refractivity contribution in [3.05, 3.63) is 30.3 Å². The first kappa shape index (κ1) is 14.4. The molecular weight excluding hydrogens is 278 g/mol. The minimum atomic E-state index is -1.29. The third-order valence-corrected chi connectivity index (χ3v) is 2.43. The molecule has 1 N–H and O–H groups in total. The van der Waals surface area contributed by atoms with Gasteiger partial charge in [0.25, 0.3) is 0 Å². The second-order valence-electron chi connectivity index (χ2n) is 4.12. The molecule has 2 aromatic rings. The number of fused-ring (bicyclic) bond motifs is 1. The van der Waals surface area contributed by atoms with Gasteiger partial charge in [-0.1, -0.05) is 12.1 Å². The molecule has 0 radical (unpaired) electrons. The van der Waals surface area contributed by atoms with Gasteiger partial charge >= 0.3 is 17.9 Å². The summed E-state index contributed by atoms with van der Waals surface area (Å²) in [5, 5.41) is 9.19. The summed E-state index contributed by atoms with van der Waals surface area (Å²) in [5.41, 5.74) is 0.341. The van der Waals surface area contributed by atoms with Crippen molar-refractivity contribution in [2.75, 3.05) is 0 Å². The molecule has 0 amide bonds. The number of aromatic nitrogens is 1. The summed E-state index contributed by atoms with van der Waals surface area (Å²) in [6.45, 7) is 1.26. The predicted octanol–water partition coefficient (Wildman–Crippen LogP) is 1.54.